The minimum absolute atomic E-state index is 0.0809. The van der Waals surface area contributed by atoms with Gasteiger partial charge in [0.1, 0.15) is 11.8 Å². The van der Waals surface area contributed by atoms with E-state index in [1.54, 1.807) is 7.11 Å². The first-order chi connectivity index (χ1) is 15.5. The molecule has 1 aliphatic rings. The molecule has 0 saturated heterocycles. The Kier molecular flexibility index (Phi) is 6.98. The van der Waals surface area contributed by atoms with E-state index in [0.29, 0.717) is 13.1 Å². The number of nitrogens with one attached hydrogen (secondary N) is 1. The van der Waals surface area contributed by atoms with Crippen molar-refractivity contribution >= 4 is 38.3 Å². The molecule has 4 rings (SSSR count). The summed E-state index contributed by atoms with van der Waals surface area (Å²) in [6, 6.07) is 17.7. The van der Waals surface area contributed by atoms with Crippen molar-refractivity contribution in [2.24, 2.45) is 5.73 Å². The third kappa shape index (κ3) is 4.75. The summed E-state index contributed by atoms with van der Waals surface area (Å²) in [6.45, 7) is 0.903. The highest BCUT2D eigenvalue weighted by Crippen LogP contribution is 2.34. The molecule has 4 N–H and O–H groups in total. The van der Waals surface area contributed by atoms with E-state index in [2.05, 4.69) is 56.5 Å². The molecule has 1 heterocycles. The van der Waals surface area contributed by atoms with Crippen molar-refractivity contribution in [2.75, 3.05) is 25.2 Å². The monoisotopic (exact) mass is 497 g/mol. The largest absolute Gasteiger partial charge is 0.496 e. The van der Waals surface area contributed by atoms with Crippen LogP contribution in [0.3, 0.4) is 0 Å². The van der Waals surface area contributed by atoms with Crippen molar-refractivity contribution in [2.45, 2.75) is 31.5 Å². The lowest BCUT2D eigenvalue weighted by Crippen LogP contribution is -2.50. The standard InChI is InChI=1S/C25H28BrN3O3/c1-32-24-11-7-17-12-18(26)8-10-20(17)21(24)14-29-13-19(28-25(31)22(27)15-30)9-6-16-4-2-3-5-23(16)29/h2-5,7-8,10-12,19,22,30H,6,9,13-15,27H2,1H3,(H,28,31). The summed E-state index contributed by atoms with van der Waals surface area (Å²) in [7, 11) is 1.69. The average Bonchev–Trinajstić information content (AvgIpc) is 2.98. The molecule has 168 valence electrons. The number of aliphatic hydroxyl groups excluding tert-OH is 1. The number of anilines is 1. The zero-order valence-electron chi connectivity index (χ0n) is 18.1. The number of carbonyl (C=O) groups is 1. The zero-order chi connectivity index (χ0) is 22.7. The molecule has 0 fully saturated rings. The average molecular weight is 498 g/mol. The lowest BCUT2D eigenvalue weighted by atomic mass is 10.0. The molecular weight excluding hydrogens is 470 g/mol. The van der Waals surface area contributed by atoms with Crippen LogP contribution in [0.25, 0.3) is 10.8 Å². The minimum Gasteiger partial charge on any atom is -0.496 e. The van der Waals surface area contributed by atoms with Crippen LogP contribution in [0.4, 0.5) is 5.69 Å². The quantitative estimate of drug-likeness (QED) is 0.485. The third-order valence-electron chi connectivity index (χ3n) is 6.03. The molecule has 2 atom stereocenters. The number of para-hydroxylation sites is 1. The van der Waals surface area contributed by atoms with E-state index >= 15 is 0 Å². The molecule has 3 aromatic carbocycles. The number of benzene rings is 3. The van der Waals surface area contributed by atoms with Crippen molar-refractivity contribution in [3.63, 3.8) is 0 Å². The predicted octanol–water partition coefficient (Wildman–Crippen LogP) is 3.37. The number of aryl methyl sites for hydroxylation is 1. The number of halogens is 1. The molecule has 2 unspecified atom stereocenters. The fourth-order valence-electron chi connectivity index (χ4n) is 4.37. The molecule has 0 spiro atoms. The maximum absolute atomic E-state index is 12.4. The summed E-state index contributed by atoms with van der Waals surface area (Å²) in [5.74, 6) is 0.514. The Hall–Kier alpha value is -2.61. The number of fused-ring (bicyclic) bond motifs is 2. The van der Waals surface area contributed by atoms with Crippen LogP contribution in [-0.2, 0) is 17.8 Å². The fraction of sp³-hybridized carbons (Fsp3) is 0.320. The number of carbonyl (C=O) groups excluding carboxylic acids is 1. The van der Waals surface area contributed by atoms with E-state index in [4.69, 9.17) is 10.5 Å². The van der Waals surface area contributed by atoms with Crippen LogP contribution < -0.4 is 20.7 Å². The molecule has 1 amide bonds. The van der Waals surface area contributed by atoms with E-state index in [0.717, 1.165) is 45.1 Å². The van der Waals surface area contributed by atoms with Crippen LogP contribution in [0.1, 0.15) is 17.5 Å². The molecule has 0 saturated carbocycles. The van der Waals surface area contributed by atoms with Crippen LogP contribution in [-0.4, -0.2) is 43.4 Å². The first kappa shape index (κ1) is 22.6. The Morgan fingerprint density at radius 3 is 2.88 bits per heavy atom. The first-order valence-corrected chi connectivity index (χ1v) is 11.5. The minimum atomic E-state index is -0.911. The van der Waals surface area contributed by atoms with Gasteiger partial charge in [-0.1, -0.05) is 46.3 Å². The molecular formula is C25H28BrN3O3. The Bertz CT molecular complexity index is 1120. The summed E-state index contributed by atoms with van der Waals surface area (Å²) in [5, 5.41) is 14.5. The molecule has 0 radical (unpaired) electrons. The van der Waals surface area contributed by atoms with Crippen molar-refractivity contribution < 1.29 is 14.6 Å². The summed E-state index contributed by atoms with van der Waals surface area (Å²) in [5.41, 5.74) is 9.24. The van der Waals surface area contributed by atoms with Crippen molar-refractivity contribution in [3.8, 4) is 5.75 Å². The van der Waals surface area contributed by atoms with E-state index in [1.165, 1.54) is 5.56 Å². The van der Waals surface area contributed by atoms with Crippen molar-refractivity contribution in [1.29, 1.82) is 0 Å². The van der Waals surface area contributed by atoms with Crippen LogP contribution in [0, 0.1) is 0 Å². The maximum atomic E-state index is 12.4. The molecule has 7 heteroatoms. The number of nitrogens with zero attached hydrogens (tertiary/aromatic N) is 1. The number of ether oxygens (including phenoxy) is 1. The predicted molar refractivity (Wildman–Crippen MR) is 131 cm³/mol. The van der Waals surface area contributed by atoms with Gasteiger partial charge < -0.3 is 25.8 Å². The van der Waals surface area contributed by atoms with Gasteiger partial charge in [-0.2, -0.15) is 0 Å². The van der Waals surface area contributed by atoms with Gasteiger partial charge in [-0.3, -0.25) is 4.79 Å². The van der Waals surface area contributed by atoms with Crippen molar-refractivity contribution in [3.05, 3.63) is 70.2 Å². The van der Waals surface area contributed by atoms with Gasteiger partial charge >= 0.3 is 0 Å². The second-order valence-electron chi connectivity index (χ2n) is 8.15. The number of aliphatic hydroxyl groups is 1. The summed E-state index contributed by atoms with van der Waals surface area (Å²) in [4.78, 5) is 14.7. The SMILES string of the molecule is COc1ccc2cc(Br)ccc2c1CN1CC(NC(=O)C(N)CO)CCc2ccccc21. The van der Waals surface area contributed by atoms with Gasteiger partial charge in [0, 0.05) is 34.9 Å². The van der Waals surface area contributed by atoms with Crippen LogP contribution >= 0.6 is 15.9 Å². The van der Waals surface area contributed by atoms with Gasteiger partial charge in [-0.15, -0.1) is 0 Å². The van der Waals surface area contributed by atoms with E-state index < -0.39 is 6.04 Å². The van der Waals surface area contributed by atoms with Crippen LogP contribution in [0.15, 0.2) is 59.1 Å². The third-order valence-corrected chi connectivity index (χ3v) is 6.53. The van der Waals surface area contributed by atoms with Gasteiger partial charge in [-0.25, -0.2) is 0 Å². The Morgan fingerprint density at radius 2 is 2.09 bits per heavy atom. The van der Waals surface area contributed by atoms with Crippen LogP contribution in [0.2, 0.25) is 0 Å². The summed E-state index contributed by atoms with van der Waals surface area (Å²) < 4.78 is 6.76. The molecule has 6 nitrogen and oxygen atoms in total. The molecule has 3 aromatic rings. The lowest BCUT2D eigenvalue weighted by molar-refractivity contribution is -0.123. The number of nitrogens with two attached hydrogens (primary N) is 1. The Morgan fingerprint density at radius 1 is 1.28 bits per heavy atom. The smallest absolute Gasteiger partial charge is 0.239 e. The number of rotatable bonds is 6. The number of methoxy groups -OCH3 is 1. The van der Waals surface area contributed by atoms with Crippen molar-refractivity contribution in [1.82, 2.24) is 5.32 Å². The van der Waals surface area contributed by atoms with E-state index in [9.17, 15) is 9.90 Å². The Labute approximate surface area is 196 Å². The van der Waals surface area contributed by atoms with Gasteiger partial charge in [-0.05, 0) is 53.4 Å². The number of amides is 1. The van der Waals surface area contributed by atoms with Gasteiger partial charge in [0.15, 0.2) is 0 Å². The Balaban J connectivity index is 1.71. The highest BCUT2D eigenvalue weighted by atomic mass is 79.9. The number of hydrogen-bond acceptors (Lipinski definition) is 5. The molecule has 0 aliphatic carbocycles. The zero-order valence-corrected chi connectivity index (χ0v) is 19.6. The fourth-order valence-corrected chi connectivity index (χ4v) is 4.74. The topological polar surface area (TPSA) is 87.8 Å². The maximum Gasteiger partial charge on any atom is 0.239 e. The molecule has 32 heavy (non-hydrogen) atoms. The number of hydrogen-bond donors (Lipinski definition) is 3. The molecule has 1 aliphatic heterocycles. The van der Waals surface area contributed by atoms with E-state index in [1.807, 2.05) is 24.3 Å². The first-order valence-electron chi connectivity index (χ1n) is 10.7. The van der Waals surface area contributed by atoms with Crippen LogP contribution in [0.5, 0.6) is 5.75 Å². The lowest BCUT2D eigenvalue weighted by Gasteiger charge is -2.30. The summed E-state index contributed by atoms with van der Waals surface area (Å²) in [6.07, 6.45) is 1.66. The second-order valence-corrected chi connectivity index (χ2v) is 9.07. The molecule has 0 bridgehead atoms. The highest BCUT2D eigenvalue weighted by molar-refractivity contribution is 9.10. The van der Waals surface area contributed by atoms with E-state index in [-0.39, 0.29) is 18.6 Å². The highest BCUT2D eigenvalue weighted by Gasteiger charge is 2.26. The van der Waals surface area contributed by atoms with Gasteiger partial charge in [0.05, 0.1) is 13.7 Å². The second kappa shape index (κ2) is 9.90. The van der Waals surface area contributed by atoms with Gasteiger partial charge in [0.25, 0.3) is 0 Å². The van der Waals surface area contributed by atoms with Gasteiger partial charge in [0.2, 0.25) is 5.91 Å². The molecule has 0 aromatic heterocycles. The normalized spacial score (nSPS) is 16.9. The summed E-state index contributed by atoms with van der Waals surface area (Å²) >= 11 is 3.56.